The van der Waals surface area contributed by atoms with Gasteiger partial charge in [0.2, 0.25) is 20.0 Å². The van der Waals surface area contributed by atoms with Crippen LogP contribution in [0.4, 0.5) is 37.7 Å². The van der Waals surface area contributed by atoms with Gasteiger partial charge in [-0.3, -0.25) is 9.44 Å². The van der Waals surface area contributed by atoms with Crippen LogP contribution in [0.3, 0.4) is 0 Å². The number of hydrogen-bond donors (Lipinski definition) is 2. The molecular weight excluding hydrogens is 478 g/mol. The second kappa shape index (κ2) is 8.11. The van der Waals surface area contributed by atoms with Crippen molar-refractivity contribution in [3.05, 3.63) is 42.0 Å². The Labute approximate surface area is 173 Å². The van der Waals surface area contributed by atoms with Crippen molar-refractivity contribution in [2.45, 2.75) is 12.5 Å². The summed E-state index contributed by atoms with van der Waals surface area (Å²) >= 11 is 0. The maximum Gasteiger partial charge on any atom is 0.573 e. The predicted molar refractivity (Wildman–Crippen MR) is 99.3 cm³/mol. The van der Waals surface area contributed by atoms with Crippen LogP contribution in [0.1, 0.15) is 5.56 Å². The first-order valence-electron chi connectivity index (χ1n) is 7.83. The molecule has 0 unspecified atom stereocenters. The number of benzene rings is 2. The van der Waals surface area contributed by atoms with Crippen molar-refractivity contribution in [3.63, 3.8) is 0 Å². The topological polar surface area (TPSA) is 102 Å². The van der Waals surface area contributed by atoms with Crippen LogP contribution in [-0.4, -0.2) is 35.7 Å². The zero-order valence-corrected chi connectivity index (χ0v) is 17.1. The Morgan fingerprint density at radius 1 is 0.903 bits per heavy atom. The number of anilines is 2. The molecule has 0 aliphatic rings. The standard InChI is InChI=1S/C16H13F6N2O5S2/c1-30(25,26)23-12-8-9(6-7-13(12)29-16(20,21)22)10-4-3-5-11(15(17,18)19)14(10)24-31(2,27)28/h3,5-8,23-24H,1-2H3. The first-order chi connectivity index (χ1) is 13.9. The van der Waals surface area contributed by atoms with E-state index in [1.807, 2.05) is 0 Å². The average molecular weight is 491 g/mol. The quantitative estimate of drug-likeness (QED) is 0.599. The highest BCUT2D eigenvalue weighted by molar-refractivity contribution is 7.92. The molecule has 171 valence electrons. The highest BCUT2D eigenvalue weighted by atomic mass is 32.2. The van der Waals surface area contributed by atoms with E-state index < -0.39 is 60.8 Å². The van der Waals surface area contributed by atoms with Crippen LogP contribution in [0, 0.1) is 6.07 Å². The van der Waals surface area contributed by atoms with Crippen molar-refractivity contribution in [1.82, 2.24) is 0 Å². The number of rotatable bonds is 6. The summed E-state index contributed by atoms with van der Waals surface area (Å²) in [7, 11) is -8.34. The number of sulfonamides is 2. The Hall–Kier alpha value is -2.68. The third-order valence-corrected chi connectivity index (χ3v) is 4.54. The number of alkyl halides is 6. The lowest BCUT2D eigenvalue weighted by molar-refractivity contribution is -0.274. The van der Waals surface area contributed by atoms with E-state index >= 15 is 0 Å². The Bertz CT molecular complexity index is 1190. The summed E-state index contributed by atoms with van der Waals surface area (Å²) < 4.78 is 131. The van der Waals surface area contributed by atoms with Gasteiger partial charge in [-0.05, 0) is 29.8 Å². The van der Waals surface area contributed by atoms with E-state index in [2.05, 4.69) is 10.8 Å². The maximum absolute atomic E-state index is 13.4. The van der Waals surface area contributed by atoms with E-state index in [-0.39, 0.29) is 5.56 Å². The molecule has 0 fully saturated rings. The summed E-state index contributed by atoms with van der Waals surface area (Å²) in [6.45, 7) is 0. The molecule has 0 aliphatic carbocycles. The summed E-state index contributed by atoms with van der Waals surface area (Å²) in [6, 6.07) is 6.05. The van der Waals surface area contributed by atoms with Gasteiger partial charge in [-0.1, -0.05) is 12.1 Å². The van der Waals surface area contributed by atoms with E-state index in [0.717, 1.165) is 18.2 Å². The van der Waals surface area contributed by atoms with Crippen LogP contribution in [0.15, 0.2) is 30.3 Å². The van der Waals surface area contributed by atoms with Crippen LogP contribution < -0.4 is 14.2 Å². The minimum Gasteiger partial charge on any atom is -0.404 e. The lowest BCUT2D eigenvalue weighted by atomic mass is 9.99. The smallest absolute Gasteiger partial charge is 0.404 e. The highest BCUT2D eigenvalue weighted by Gasteiger charge is 2.36. The Morgan fingerprint density at radius 3 is 1.97 bits per heavy atom. The fraction of sp³-hybridized carbons (Fsp3) is 0.250. The van der Waals surface area contributed by atoms with Crippen molar-refractivity contribution in [2.24, 2.45) is 0 Å². The molecule has 7 nitrogen and oxygen atoms in total. The first kappa shape index (κ1) is 24.6. The fourth-order valence-electron chi connectivity index (χ4n) is 2.43. The summed E-state index contributed by atoms with van der Waals surface area (Å²) in [4.78, 5) is 0. The van der Waals surface area contributed by atoms with E-state index in [0.29, 0.717) is 24.6 Å². The molecule has 31 heavy (non-hydrogen) atoms. The molecule has 0 aliphatic heterocycles. The summed E-state index contributed by atoms with van der Waals surface area (Å²) in [5, 5.41) is 0. The van der Waals surface area contributed by atoms with Crippen molar-refractivity contribution in [3.8, 4) is 16.9 Å². The molecule has 1 radical (unpaired) electrons. The molecule has 0 saturated carbocycles. The van der Waals surface area contributed by atoms with Gasteiger partial charge in [0.25, 0.3) is 0 Å². The first-order valence-corrected chi connectivity index (χ1v) is 11.6. The summed E-state index contributed by atoms with van der Waals surface area (Å²) in [5.74, 6) is -0.980. The minimum absolute atomic E-state index is 0.280. The van der Waals surface area contributed by atoms with E-state index in [4.69, 9.17) is 0 Å². The van der Waals surface area contributed by atoms with Gasteiger partial charge in [0.15, 0.2) is 5.75 Å². The molecule has 15 heteroatoms. The Morgan fingerprint density at radius 2 is 1.48 bits per heavy atom. The molecule has 2 aromatic carbocycles. The van der Waals surface area contributed by atoms with Gasteiger partial charge in [0.1, 0.15) is 0 Å². The lowest BCUT2D eigenvalue weighted by Crippen LogP contribution is -2.19. The molecule has 0 bridgehead atoms. The van der Waals surface area contributed by atoms with Gasteiger partial charge in [0, 0.05) is 5.56 Å². The van der Waals surface area contributed by atoms with Gasteiger partial charge in [-0.15, -0.1) is 13.2 Å². The van der Waals surface area contributed by atoms with Crippen LogP contribution in [-0.2, 0) is 26.2 Å². The van der Waals surface area contributed by atoms with Crippen molar-refractivity contribution < 1.29 is 47.9 Å². The van der Waals surface area contributed by atoms with Gasteiger partial charge in [0.05, 0.1) is 29.4 Å². The summed E-state index contributed by atoms with van der Waals surface area (Å²) in [5.41, 5.74) is -3.84. The average Bonchev–Trinajstić information content (AvgIpc) is 2.51. The van der Waals surface area contributed by atoms with E-state index in [1.54, 1.807) is 9.44 Å². The van der Waals surface area contributed by atoms with Crippen LogP contribution in [0.25, 0.3) is 11.1 Å². The van der Waals surface area contributed by atoms with Gasteiger partial charge in [-0.25, -0.2) is 16.8 Å². The van der Waals surface area contributed by atoms with Crippen molar-refractivity contribution >= 4 is 31.4 Å². The number of nitrogens with one attached hydrogen (secondary N) is 2. The zero-order chi connectivity index (χ0) is 23.8. The monoisotopic (exact) mass is 491 g/mol. The second-order valence-corrected chi connectivity index (χ2v) is 9.64. The largest absolute Gasteiger partial charge is 0.573 e. The molecule has 2 N–H and O–H groups in total. The third-order valence-electron chi connectivity index (χ3n) is 3.38. The van der Waals surface area contributed by atoms with Crippen molar-refractivity contribution in [2.75, 3.05) is 22.0 Å². The Kier molecular flexibility index (Phi) is 6.43. The van der Waals surface area contributed by atoms with Crippen molar-refractivity contribution in [1.29, 1.82) is 0 Å². The fourth-order valence-corrected chi connectivity index (χ4v) is 3.57. The zero-order valence-electron chi connectivity index (χ0n) is 15.5. The molecule has 0 amide bonds. The molecule has 0 atom stereocenters. The van der Waals surface area contributed by atoms with E-state index in [9.17, 15) is 43.2 Å². The maximum atomic E-state index is 13.4. The van der Waals surface area contributed by atoms with Crippen LogP contribution in [0.2, 0.25) is 0 Å². The number of ether oxygens (including phenoxy) is 1. The normalized spacial score (nSPS) is 13.0. The minimum atomic E-state index is -5.19. The lowest BCUT2D eigenvalue weighted by Gasteiger charge is -2.19. The third kappa shape index (κ3) is 7.20. The molecule has 0 heterocycles. The van der Waals surface area contributed by atoms with Crippen LogP contribution in [0.5, 0.6) is 5.75 Å². The Balaban J connectivity index is 2.76. The molecular formula is C16H13F6N2O5S2. The molecule has 2 aromatic rings. The SMILES string of the molecule is CS(=O)(=O)Nc1cc(-c2[c]ccc(C(F)(F)F)c2NS(C)(=O)=O)ccc1OC(F)(F)F. The molecule has 0 saturated heterocycles. The molecule has 0 spiro atoms. The number of halogens is 6. The van der Waals surface area contributed by atoms with Gasteiger partial charge >= 0.3 is 12.5 Å². The second-order valence-electron chi connectivity index (χ2n) is 6.15. The summed E-state index contributed by atoms with van der Waals surface area (Å²) in [6.07, 6.45) is -8.96. The number of hydrogen-bond acceptors (Lipinski definition) is 5. The van der Waals surface area contributed by atoms with Gasteiger partial charge in [-0.2, -0.15) is 13.2 Å². The van der Waals surface area contributed by atoms with E-state index in [1.165, 1.54) is 0 Å². The predicted octanol–water partition coefficient (Wildman–Crippen LogP) is 3.81. The highest BCUT2D eigenvalue weighted by Crippen LogP contribution is 2.42. The van der Waals surface area contributed by atoms with Crippen LogP contribution >= 0.6 is 0 Å². The molecule has 2 rings (SSSR count). The van der Waals surface area contributed by atoms with Gasteiger partial charge < -0.3 is 4.74 Å². The molecule has 0 aromatic heterocycles.